The van der Waals surface area contributed by atoms with Gasteiger partial charge in [0.15, 0.2) is 16.1 Å². The van der Waals surface area contributed by atoms with Gasteiger partial charge in [-0.1, -0.05) is 39.8 Å². The number of hydrogen-bond acceptors (Lipinski definition) is 7. The average molecular weight is 544 g/mol. The maximum atomic E-state index is 12.5. The zero-order valence-electron chi connectivity index (χ0n) is 18.4. The summed E-state index contributed by atoms with van der Waals surface area (Å²) in [5, 5.41) is 14.8. The summed E-state index contributed by atoms with van der Waals surface area (Å²) >= 11 is 6.21. The van der Waals surface area contributed by atoms with Crippen molar-refractivity contribution in [1.29, 1.82) is 0 Å². The van der Waals surface area contributed by atoms with Crippen LogP contribution >= 0.6 is 39.0 Å². The van der Waals surface area contributed by atoms with E-state index in [1.165, 1.54) is 23.1 Å². The van der Waals surface area contributed by atoms with Crippen LogP contribution in [0.1, 0.15) is 6.92 Å². The number of thioether (sulfide) groups is 1. The quantitative estimate of drug-likeness (QED) is 0.290. The van der Waals surface area contributed by atoms with Gasteiger partial charge in [0.25, 0.3) is 0 Å². The van der Waals surface area contributed by atoms with E-state index in [4.69, 9.17) is 0 Å². The van der Waals surface area contributed by atoms with Gasteiger partial charge in [-0.25, -0.2) is 4.98 Å². The Labute approximate surface area is 209 Å². The van der Waals surface area contributed by atoms with E-state index < -0.39 is 0 Å². The molecule has 4 aromatic rings. The topological polar surface area (TPSA) is 75.9 Å². The fourth-order valence-electron chi connectivity index (χ4n) is 3.17. The highest BCUT2D eigenvalue weighted by molar-refractivity contribution is 9.10. The molecule has 33 heavy (non-hydrogen) atoms. The first-order chi connectivity index (χ1) is 15.9. The van der Waals surface area contributed by atoms with Gasteiger partial charge in [-0.2, -0.15) is 0 Å². The molecule has 0 saturated heterocycles. The first-order valence-electron chi connectivity index (χ1n) is 10.3. The smallest absolute Gasteiger partial charge is 0.236 e. The molecule has 1 N–H and O–H groups in total. The Hall–Kier alpha value is -2.69. The second-order valence-electron chi connectivity index (χ2n) is 7.37. The van der Waals surface area contributed by atoms with Gasteiger partial charge in [-0.3, -0.25) is 4.79 Å². The molecule has 1 amide bonds. The van der Waals surface area contributed by atoms with E-state index in [0.717, 1.165) is 32.8 Å². The number of carbonyl (C=O) groups excluding carboxylic acids is 1. The van der Waals surface area contributed by atoms with Gasteiger partial charge < -0.3 is 14.8 Å². The molecule has 0 atom stereocenters. The van der Waals surface area contributed by atoms with Crippen molar-refractivity contribution in [3.63, 3.8) is 0 Å². The van der Waals surface area contributed by atoms with Crippen molar-refractivity contribution in [1.82, 2.24) is 19.7 Å². The Morgan fingerprint density at radius 2 is 1.79 bits per heavy atom. The Bertz CT molecular complexity index is 1230. The Morgan fingerprint density at radius 3 is 2.45 bits per heavy atom. The fraction of sp³-hybridized carbons (Fsp3) is 0.217. The molecule has 0 saturated carbocycles. The van der Waals surface area contributed by atoms with Crippen LogP contribution in [0.4, 0.5) is 10.8 Å². The monoisotopic (exact) mass is 542 g/mol. The molecule has 0 spiro atoms. The number of hydrogen-bond donors (Lipinski definition) is 1. The van der Waals surface area contributed by atoms with Crippen molar-refractivity contribution in [3.05, 3.63) is 58.4 Å². The summed E-state index contributed by atoms with van der Waals surface area (Å²) in [7, 11) is 4.02. The first-order valence-corrected chi connectivity index (χ1v) is 13.0. The zero-order chi connectivity index (χ0) is 23.4. The molecule has 2 aromatic heterocycles. The van der Waals surface area contributed by atoms with Crippen LogP contribution in [0.15, 0.2) is 63.5 Å². The summed E-state index contributed by atoms with van der Waals surface area (Å²) in [5.74, 6) is 0.897. The number of anilines is 2. The summed E-state index contributed by atoms with van der Waals surface area (Å²) in [6.07, 6.45) is 0. The van der Waals surface area contributed by atoms with E-state index >= 15 is 0 Å². The second kappa shape index (κ2) is 10.5. The van der Waals surface area contributed by atoms with Crippen molar-refractivity contribution in [2.45, 2.75) is 18.6 Å². The van der Waals surface area contributed by atoms with Crippen LogP contribution in [0.25, 0.3) is 22.6 Å². The molecule has 0 radical (unpaired) electrons. The highest BCUT2D eigenvalue weighted by Crippen LogP contribution is 2.28. The molecule has 2 heterocycles. The van der Waals surface area contributed by atoms with E-state index in [9.17, 15) is 4.79 Å². The predicted molar refractivity (Wildman–Crippen MR) is 140 cm³/mol. The molecule has 0 bridgehead atoms. The van der Waals surface area contributed by atoms with E-state index in [0.29, 0.717) is 16.8 Å². The highest BCUT2D eigenvalue weighted by Gasteiger charge is 2.15. The van der Waals surface area contributed by atoms with Crippen LogP contribution in [0.2, 0.25) is 0 Å². The SMILES string of the molecule is CCn1c(SCC(=O)Nc2nc(-c3ccc(Br)cc3)cs2)nnc1-c1ccc(N(C)C)cc1. The standard InChI is InChI=1S/C23H23BrN6OS2/c1-4-30-21(16-7-11-18(12-8-16)29(2)3)27-28-23(30)33-14-20(31)26-22-25-19(13-32-22)15-5-9-17(24)10-6-15/h5-13H,4,14H2,1-3H3,(H,25,26,31). The number of amides is 1. The second-order valence-corrected chi connectivity index (χ2v) is 10.1. The lowest BCUT2D eigenvalue weighted by Gasteiger charge is -2.13. The van der Waals surface area contributed by atoms with Crippen LogP contribution in [0.3, 0.4) is 0 Å². The number of halogens is 1. The van der Waals surface area contributed by atoms with Crippen molar-refractivity contribution in [2.24, 2.45) is 0 Å². The van der Waals surface area contributed by atoms with E-state index in [2.05, 4.69) is 53.5 Å². The third kappa shape index (κ3) is 5.63. The summed E-state index contributed by atoms with van der Waals surface area (Å²) in [5.41, 5.74) is 3.96. The average Bonchev–Trinajstić information content (AvgIpc) is 3.45. The molecule has 0 aliphatic heterocycles. The summed E-state index contributed by atoms with van der Waals surface area (Å²) in [6.45, 7) is 2.76. The van der Waals surface area contributed by atoms with Gasteiger partial charge in [-0.05, 0) is 43.3 Å². The molecule has 0 aliphatic carbocycles. The minimum atomic E-state index is -0.126. The Balaban J connectivity index is 1.39. The minimum Gasteiger partial charge on any atom is -0.378 e. The highest BCUT2D eigenvalue weighted by atomic mass is 79.9. The number of nitrogens with one attached hydrogen (secondary N) is 1. The predicted octanol–water partition coefficient (Wildman–Crippen LogP) is 5.65. The molecule has 7 nitrogen and oxygen atoms in total. The molecule has 170 valence electrons. The molecule has 4 rings (SSSR count). The molecule has 0 aliphatic rings. The molecular formula is C23H23BrN6OS2. The van der Waals surface area contributed by atoms with Crippen molar-refractivity contribution >= 4 is 55.8 Å². The van der Waals surface area contributed by atoms with Crippen LogP contribution in [-0.4, -0.2) is 45.5 Å². The minimum absolute atomic E-state index is 0.126. The number of nitrogens with zero attached hydrogens (tertiary/aromatic N) is 5. The van der Waals surface area contributed by atoms with Gasteiger partial charge in [-0.15, -0.1) is 21.5 Å². The molecular weight excluding hydrogens is 520 g/mol. The fourth-order valence-corrected chi connectivity index (χ4v) is 4.98. The largest absolute Gasteiger partial charge is 0.378 e. The molecule has 0 fully saturated rings. The van der Waals surface area contributed by atoms with Gasteiger partial charge in [0.05, 0.1) is 11.4 Å². The van der Waals surface area contributed by atoms with Gasteiger partial charge in [0.1, 0.15) is 0 Å². The molecule has 10 heteroatoms. The molecule has 2 aromatic carbocycles. The number of carbonyl (C=O) groups is 1. The third-order valence-corrected chi connectivity index (χ3v) is 7.15. The summed E-state index contributed by atoms with van der Waals surface area (Å²) < 4.78 is 3.04. The van der Waals surface area contributed by atoms with Crippen molar-refractivity contribution < 1.29 is 4.79 Å². The van der Waals surface area contributed by atoms with Crippen LogP contribution in [-0.2, 0) is 11.3 Å². The lowest BCUT2D eigenvalue weighted by atomic mass is 10.2. The normalized spacial score (nSPS) is 10.9. The Kier molecular flexibility index (Phi) is 7.46. The number of rotatable bonds is 8. The van der Waals surface area contributed by atoms with E-state index in [-0.39, 0.29) is 11.7 Å². The zero-order valence-corrected chi connectivity index (χ0v) is 21.7. The van der Waals surface area contributed by atoms with Crippen LogP contribution in [0, 0.1) is 0 Å². The molecule has 0 unspecified atom stereocenters. The first kappa shape index (κ1) is 23.5. The summed E-state index contributed by atoms with van der Waals surface area (Å²) in [4.78, 5) is 19.1. The number of thiazole rings is 1. The van der Waals surface area contributed by atoms with E-state index in [1.807, 2.05) is 67.4 Å². The lowest BCUT2D eigenvalue weighted by Crippen LogP contribution is -2.14. The number of aromatic nitrogens is 4. The summed E-state index contributed by atoms with van der Waals surface area (Å²) in [6, 6.07) is 16.1. The maximum Gasteiger partial charge on any atom is 0.236 e. The van der Waals surface area contributed by atoms with Gasteiger partial charge in [0, 0.05) is 47.3 Å². The maximum absolute atomic E-state index is 12.5. The van der Waals surface area contributed by atoms with Crippen LogP contribution < -0.4 is 10.2 Å². The van der Waals surface area contributed by atoms with Crippen molar-refractivity contribution in [3.8, 4) is 22.6 Å². The van der Waals surface area contributed by atoms with E-state index in [1.54, 1.807) is 0 Å². The lowest BCUT2D eigenvalue weighted by molar-refractivity contribution is -0.113. The van der Waals surface area contributed by atoms with Crippen molar-refractivity contribution in [2.75, 3.05) is 30.1 Å². The third-order valence-electron chi connectivity index (χ3n) is 4.90. The van der Waals surface area contributed by atoms with Gasteiger partial charge in [0.2, 0.25) is 5.91 Å². The van der Waals surface area contributed by atoms with Crippen LogP contribution in [0.5, 0.6) is 0 Å². The number of benzene rings is 2. The van der Waals surface area contributed by atoms with Gasteiger partial charge >= 0.3 is 0 Å². The Morgan fingerprint density at radius 1 is 1.09 bits per heavy atom.